The number of halogens is 1. The van der Waals surface area contributed by atoms with Crippen molar-refractivity contribution in [2.75, 3.05) is 40.4 Å². The summed E-state index contributed by atoms with van der Waals surface area (Å²) < 4.78 is 10.8. The molecule has 1 aliphatic rings. The van der Waals surface area contributed by atoms with Gasteiger partial charge in [-0.3, -0.25) is 9.59 Å². The van der Waals surface area contributed by atoms with Gasteiger partial charge in [-0.05, 0) is 37.1 Å². The zero-order chi connectivity index (χ0) is 21.5. The molecule has 1 aromatic carbocycles. The lowest BCUT2D eigenvalue weighted by atomic mass is 9.96. The van der Waals surface area contributed by atoms with Crippen molar-refractivity contribution in [1.82, 2.24) is 14.8 Å². The number of ether oxygens (including phenoxy) is 1. The van der Waals surface area contributed by atoms with Gasteiger partial charge in [0.25, 0.3) is 0 Å². The zero-order valence-corrected chi connectivity index (χ0v) is 18.2. The number of aryl methyl sites for hydroxylation is 1. The van der Waals surface area contributed by atoms with E-state index in [0.717, 1.165) is 18.4 Å². The fraction of sp³-hybridized carbons (Fsp3) is 0.500. The number of piperidine rings is 1. The average Bonchev–Trinajstić information content (AvgIpc) is 3.25. The van der Waals surface area contributed by atoms with E-state index in [-0.39, 0.29) is 17.7 Å². The van der Waals surface area contributed by atoms with E-state index in [9.17, 15) is 9.59 Å². The summed E-state index contributed by atoms with van der Waals surface area (Å²) in [6, 6.07) is 7.32. The van der Waals surface area contributed by atoms with Crippen molar-refractivity contribution in [1.29, 1.82) is 0 Å². The van der Waals surface area contributed by atoms with Crippen molar-refractivity contribution >= 4 is 23.4 Å². The number of hydrogen-bond donors (Lipinski definition) is 0. The Labute approximate surface area is 182 Å². The van der Waals surface area contributed by atoms with Crippen LogP contribution in [0.25, 0.3) is 11.3 Å². The standard InChI is InChI=1S/C22H28ClN3O4/c1-25(12-13-29-2)22(28)17-4-3-11-26(15-17)21(27)10-9-20-24-14-19(30-20)16-5-7-18(23)8-6-16/h5-8,14,17H,3-4,9-13,15H2,1-2H3. The van der Waals surface area contributed by atoms with Crippen molar-refractivity contribution < 1.29 is 18.7 Å². The molecule has 0 spiro atoms. The molecule has 1 fully saturated rings. The highest BCUT2D eigenvalue weighted by molar-refractivity contribution is 6.30. The summed E-state index contributed by atoms with van der Waals surface area (Å²) in [6.07, 6.45) is 4.04. The maximum Gasteiger partial charge on any atom is 0.227 e. The number of amides is 2. The summed E-state index contributed by atoms with van der Waals surface area (Å²) in [5, 5.41) is 0.660. The van der Waals surface area contributed by atoms with E-state index in [1.165, 1.54) is 0 Å². The van der Waals surface area contributed by atoms with Crippen LogP contribution in [0.15, 0.2) is 34.9 Å². The molecule has 2 aromatic rings. The van der Waals surface area contributed by atoms with Crippen molar-refractivity contribution in [2.45, 2.75) is 25.7 Å². The Morgan fingerprint density at radius 1 is 1.33 bits per heavy atom. The molecular formula is C22H28ClN3O4. The number of nitrogens with zero attached hydrogens (tertiary/aromatic N) is 3. The van der Waals surface area contributed by atoms with Crippen LogP contribution in [0.2, 0.25) is 5.02 Å². The van der Waals surface area contributed by atoms with E-state index >= 15 is 0 Å². The van der Waals surface area contributed by atoms with E-state index < -0.39 is 0 Å². The Bertz CT molecular complexity index is 852. The van der Waals surface area contributed by atoms with Crippen LogP contribution < -0.4 is 0 Å². The minimum absolute atomic E-state index is 0.0262. The molecule has 0 saturated carbocycles. The summed E-state index contributed by atoms with van der Waals surface area (Å²) in [5.74, 6) is 1.13. The summed E-state index contributed by atoms with van der Waals surface area (Å²) in [4.78, 5) is 33.1. The summed E-state index contributed by atoms with van der Waals surface area (Å²) in [5.41, 5.74) is 0.888. The molecule has 30 heavy (non-hydrogen) atoms. The first-order valence-corrected chi connectivity index (χ1v) is 10.6. The first kappa shape index (κ1) is 22.3. The fourth-order valence-electron chi connectivity index (χ4n) is 3.60. The minimum Gasteiger partial charge on any atom is -0.441 e. The number of likely N-dealkylation sites (tertiary alicyclic amines) is 1. The van der Waals surface area contributed by atoms with E-state index in [1.54, 1.807) is 42.3 Å². The minimum atomic E-state index is -0.150. The van der Waals surface area contributed by atoms with Gasteiger partial charge in [-0.25, -0.2) is 4.98 Å². The molecule has 7 nitrogen and oxygen atoms in total. The largest absolute Gasteiger partial charge is 0.441 e. The van der Waals surface area contributed by atoms with Gasteiger partial charge in [0.15, 0.2) is 11.7 Å². The van der Waals surface area contributed by atoms with Crippen LogP contribution in [0.3, 0.4) is 0 Å². The van der Waals surface area contributed by atoms with Crippen molar-refractivity contribution in [3.05, 3.63) is 41.4 Å². The maximum absolute atomic E-state index is 12.7. The monoisotopic (exact) mass is 433 g/mol. The smallest absolute Gasteiger partial charge is 0.227 e. The van der Waals surface area contributed by atoms with Crippen molar-refractivity contribution in [2.24, 2.45) is 5.92 Å². The third-order valence-corrected chi connectivity index (χ3v) is 5.62. The maximum atomic E-state index is 12.7. The Morgan fingerprint density at radius 2 is 2.10 bits per heavy atom. The van der Waals surface area contributed by atoms with Crippen LogP contribution in [0, 0.1) is 5.92 Å². The van der Waals surface area contributed by atoms with Gasteiger partial charge in [-0.2, -0.15) is 0 Å². The third kappa shape index (κ3) is 5.83. The second kappa shape index (κ2) is 10.6. The molecule has 1 atom stereocenters. The Balaban J connectivity index is 1.51. The number of rotatable bonds is 8. The van der Waals surface area contributed by atoms with Crippen LogP contribution in [0.4, 0.5) is 0 Å². The highest BCUT2D eigenvalue weighted by atomic mass is 35.5. The molecule has 162 valence electrons. The normalized spacial score (nSPS) is 16.5. The Morgan fingerprint density at radius 3 is 2.83 bits per heavy atom. The second-order valence-electron chi connectivity index (χ2n) is 7.56. The first-order valence-electron chi connectivity index (χ1n) is 10.2. The summed E-state index contributed by atoms with van der Waals surface area (Å²) in [6.45, 7) is 2.22. The molecular weight excluding hydrogens is 406 g/mol. The quantitative estimate of drug-likeness (QED) is 0.638. The van der Waals surface area contributed by atoms with Crippen LogP contribution >= 0.6 is 11.6 Å². The topological polar surface area (TPSA) is 75.9 Å². The molecule has 3 rings (SSSR count). The predicted octanol–water partition coefficient (Wildman–Crippen LogP) is 3.27. The highest BCUT2D eigenvalue weighted by Gasteiger charge is 2.30. The third-order valence-electron chi connectivity index (χ3n) is 5.37. The second-order valence-corrected chi connectivity index (χ2v) is 7.99. The van der Waals surface area contributed by atoms with E-state index in [2.05, 4.69) is 4.98 Å². The number of carbonyl (C=O) groups is 2. The van der Waals surface area contributed by atoms with Gasteiger partial charge >= 0.3 is 0 Å². The van der Waals surface area contributed by atoms with E-state index in [1.807, 2.05) is 12.1 Å². The van der Waals surface area contributed by atoms with Crippen LogP contribution in [-0.4, -0.2) is 67.0 Å². The number of methoxy groups -OCH3 is 1. The van der Waals surface area contributed by atoms with Gasteiger partial charge in [-0.15, -0.1) is 0 Å². The van der Waals surface area contributed by atoms with Gasteiger partial charge < -0.3 is 19.0 Å². The summed E-state index contributed by atoms with van der Waals surface area (Å²) in [7, 11) is 3.40. The number of hydrogen-bond acceptors (Lipinski definition) is 5. The van der Waals surface area contributed by atoms with Gasteiger partial charge in [0, 0.05) is 57.2 Å². The Kier molecular flexibility index (Phi) is 7.87. The molecule has 0 aliphatic carbocycles. The van der Waals surface area contributed by atoms with Gasteiger partial charge in [0.1, 0.15) is 0 Å². The van der Waals surface area contributed by atoms with Gasteiger partial charge in [0.2, 0.25) is 11.8 Å². The molecule has 1 unspecified atom stereocenters. The molecule has 0 N–H and O–H groups in total. The summed E-state index contributed by atoms with van der Waals surface area (Å²) >= 11 is 5.91. The molecule has 0 bridgehead atoms. The fourth-order valence-corrected chi connectivity index (χ4v) is 3.73. The lowest BCUT2D eigenvalue weighted by Crippen LogP contribution is -2.46. The number of carbonyl (C=O) groups excluding carboxylic acids is 2. The number of benzene rings is 1. The SMILES string of the molecule is COCCN(C)C(=O)C1CCCN(C(=O)CCc2ncc(-c3ccc(Cl)cc3)o2)C1. The molecule has 8 heteroatoms. The predicted molar refractivity (Wildman–Crippen MR) is 114 cm³/mol. The highest BCUT2D eigenvalue weighted by Crippen LogP contribution is 2.23. The Hall–Kier alpha value is -2.38. The van der Waals surface area contributed by atoms with Crippen molar-refractivity contribution in [3.63, 3.8) is 0 Å². The number of oxazole rings is 1. The van der Waals surface area contributed by atoms with Crippen LogP contribution in [0.5, 0.6) is 0 Å². The molecule has 2 amide bonds. The van der Waals surface area contributed by atoms with Crippen LogP contribution in [0.1, 0.15) is 25.2 Å². The number of aromatic nitrogens is 1. The van der Waals surface area contributed by atoms with E-state index in [4.69, 9.17) is 20.8 Å². The van der Waals surface area contributed by atoms with Gasteiger partial charge in [0.05, 0.1) is 18.7 Å². The van der Waals surface area contributed by atoms with E-state index in [0.29, 0.717) is 55.8 Å². The lowest BCUT2D eigenvalue weighted by molar-refractivity contribution is -0.140. The molecule has 1 aliphatic heterocycles. The lowest BCUT2D eigenvalue weighted by Gasteiger charge is -2.34. The molecule has 1 aromatic heterocycles. The first-order chi connectivity index (χ1) is 14.5. The number of likely N-dealkylation sites (N-methyl/N-ethyl adjacent to an activating group) is 1. The molecule has 1 saturated heterocycles. The van der Waals surface area contributed by atoms with Crippen molar-refractivity contribution in [3.8, 4) is 11.3 Å². The van der Waals surface area contributed by atoms with Crippen LogP contribution in [-0.2, 0) is 20.7 Å². The average molecular weight is 434 g/mol. The molecule has 0 radical (unpaired) electrons. The molecule has 2 heterocycles. The zero-order valence-electron chi connectivity index (χ0n) is 17.5. The van der Waals surface area contributed by atoms with Gasteiger partial charge in [-0.1, -0.05) is 11.6 Å².